The number of rotatable bonds is 7. The zero-order valence-corrected chi connectivity index (χ0v) is 26.7. The van der Waals surface area contributed by atoms with E-state index < -0.39 is 5.97 Å². The number of likely N-dealkylation sites (tertiary alicyclic amines) is 1. The van der Waals surface area contributed by atoms with E-state index in [9.17, 15) is 19.5 Å². The summed E-state index contributed by atoms with van der Waals surface area (Å²) < 4.78 is 14.7. The van der Waals surface area contributed by atoms with Gasteiger partial charge in [0, 0.05) is 52.2 Å². The second-order valence-electron chi connectivity index (χ2n) is 8.17. The molecule has 0 spiro atoms. The van der Waals surface area contributed by atoms with Crippen LogP contribution in [0.2, 0.25) is 0 Å². The van der Waals surface area contributed by atoms with E-state index in [1.807, 2.05) is 20.0 Å². The maximum absolute atomic E-state index is 11.4. The molecule has 214 valence electrons. The largest absolute Gasteiger partial charge is 0.507 e. The van der Waals surface area contributed by atoms with Crippen LogP contribution in [0.4, 0.5) is 0 Å². The van der Waals surface area contributed by atoms with Crippen LogP contribution in [0.5, 0.6) is 11.5 Å². The molecule has 1 heterocycles. The maximum Gasteiger partial charge on any atom is 0.338 e. The number of amides is 1. The summed E-state index contributed by atoms with van der Waals surface area (Å²) in [6.45, 7) is 12.1. The van der Waals surface area contributed by atoms with Crippen LogP contribution < -0.4 is 4.74 Å². The predicted molar refractivity (Wildman–Crippen MR) is 150 cm³/mol. The molecule has 2 aromatic carbocycles. The van der Waals surface area contributed by atoms with Gasteiger partial charge < -0.3 is 31.6 Å². The van der Waals surface area contributed by atoms with Crippen molar-refractivity contribution < 1.29 is 54.8 Å². The standard InChI is InChI=1S/2C12H14O3.C5H9NO.CH3.W/c1-4-8-15-11-7-5-6-10(9(11)2)12(13)14-3;1-4-5-9-6-7-10(12(14)15-3)8(2)11(9)13;1-6-4-2-3-5(6)7;;/h4-7H,1,8H2,2-3H3;4,6-7,13H,1,5H2,2-3H3;2-4H2,1H3;1H3;/q;;;-1;. The normalized spacial score (nSPS) is 11.2. The van der Waals surface area contributed by atoms with Crippen LogP contribution in [0.25, 0.3) is 0 Å². The molecule has 0 atom stereocenters. The zero-order chi connectivity index (χ0) is 28.0. The third kappa shape index (κ3) is 11.5. The van der Waals surface area contributed by atoms with Crippen molar-refractivity contribution in [1.82, 2.24) is 4.90 Å². The Morgan fingerprint density at radius 2 is 1.59 bits per heavy atom. The zero-order valence-electron chi connectivity index (χ0n) is 23.7. The van der Waals surface area contributed by atoms with Gasteiger partial charge in [0.25, 0.3) is 0 Å². The van der Waals surface area contributed by atoms with E-state index >= 15 is 0 Å². The van der Waals surface area contributed by atoms with Gasteiger partial charge in [-0.1, -0.05) is 30.9 Å². The number of ether oxygens (including phenoxy) is 3. The van der Waals surface area contributed by atoms with Crippen LogP contribution in [0.1, 0.15) is 50.2 Å². The van der Waals surface area contributed by atoms with Crippen molar-refractivity contribution in [2.75, 3.05) is 34.4 Å². The van der Waals surface area contributed by atoms with Crippen molar-refractivity contribution in [3.8, 4) is 11.5 Å². The number of carbonyl (C=O) groups is 3. The number of allylic oxidation sites excluding steroid dienone is 1. The summed E-state index contributed by atoms with van der Waals surface area (Å²) in [7, 11) is 4.52. The van der Waals surface area contributed by atoms with Crippen molar-refractivity contribution in [3.63, 3.8) is 0 Å². The first-order valence-electron chi connectivity index (χ1n) is 11.8. The van der Waals surface area contributed by atoms with Crippen LogP contribution in [0, 0.1) is 21.3 Å². The number of esters is 2. The van der Waals surface area contributed by atoms with Crippen LogP contribution in [0.15, 0.2) is 55.6 Å². The molecular weight excluding hydrogens is 670 g/mol. The minimum atomic E-state index is -0.437. The number of phenols is 1. The number of hydrogen-bond acceptors (Lipinski definition) is 7. The van der Waals surface area contributed by atoms with Crippen molar-refractivity contribution in [2.45, 2.75) is 33.1 Å². The molecule has 0 unspecified atom stereocenters. The van der Waals surface area contributed by atoms with Crippen molar-refractivity contribution in [1.29, 1.82) is 0 Å². The van der Waals surface area contributed by atoms with E-state index in [-0.39, 0.29) is 40.2 Å². The van der Waals surface area contributed by atoms with Crippen LogP contribution in [-0.4, -0.2) is 62.3 Å². The Morgan fingerprint density at radius 1 is 1.00 bits per heavy atom. The molecule has 2 aromatic rings. The summed E-state index contributed by atoms with van der Waals surface area (Å²) in [5, 5.41) is 9.80. The smallest absolute Gasteiger partial charge is 0.338 e. The first kappa shape index (κ1) is 37.8. The topological polar surface area (TPSA) is 102 Å². The van der Waals surface area contributed by atoms with Crippen molar-refractivity contribution in [2.24, 2.45) is 0 Å². The van der Waals surface area contributed by atoms with Crippen LogP contribution in [0.3, 0.4) is 0 Å². The molecule has 0 aromatic heterocycles. The van der Waals surface area contributed by atoms with Gasteiger partial charge in [-0.15, -0.1) is 6.58 Å². The molecule has 0 radical (unpaired) electrons. The Balaban J connectivity index is 0. The summed E-state index contributed by atoms with van der Waals surface area (Å²) in [6.07, 6.45) is 5.75. The fourth-order valence-corrected chi connectivity index (χ4v) is 3.44. The number of aromatic hydroxyl groups is 1. The number of nitrogens with zero attached hydrogens (tertiary/aromatic N) is 1. The molecule has 1 saturated heterocycles. The van der Waals surface area contributed by atoms with E-state index in [1.54, 1.807) is 48.2 Å². The maximum atomic E-state index is 11.4. The van der Waals surface area contributed by atoms with E-state index in [0.29, 0.717) is 41.4 Å². The van der Waals surface area contributed by atoms with Gasteiger partial charge in [0.1, 0.15) is 18.1 Å². The third-order valence-electron chi connectivity index (χ3n) is 5.64. The minimum absolute atomic E-state index is 0. The van der Waals surface area contributed by atoms with Gasteiger partial charge in [-0.05, 0) is 50.5 Å². The fraction of sp³-hybridized carbons (Fsp3) is 0.333. The van der Waals surface area contributed by atoms with Gasteiger partial charge >= 0.3 is 11.9 Å². The van der Waals surface area contributed by atoms with Gasteiger partial charge in [0.15, 0.2) is 0 Å². The average molecular weight is 710 g/mol. The molecule has 3 rings (SSSR count). The number of carbonyl (C=O) groups excluding carboxylic acids is 3. The molecule has 8 nitrogen and oxygen atoms in total. The molecule has 1 aliphatic rings. The molecule has 0 aliphatic carbocycles. The Kier molecular flexibility index (Phi) is 19.0. The van der Waals surface area contributed by atoms with Gasteiger partial charge in [-0.25, -0.2) is 9.59 Å². The first-order valence-corrected chi connectivity index (χ1v) is 11.8. The van der Waals surface area contributed by atoms with Crippen LogP contribution >= 0.6 is 0 Å². The molecule has 0 saturated carbocycles. The predicted octanol–water partition coefficient (Wildman–Crippen LogP) is 5.25. The Morgan fingerprint density at radius 3 is 2.03 bits per heavy atom. The van der Waals surface area contributed by atoms with E-state index in [2.05, 4.69) is 22.6 Å². The monoisotopic (exact) mass is 710 g/mol. The summed E-state index contributed by atoms with van der Waals surface area (Å²) >= 11 is 0. The van der Waals surface area contributed by atoms with E-state index in [4.69, 9.17) is 4.74 Å². The van der Waals surface area contributed by atoms with Gasteiger partial charge in [0.2, 0.25) is 5.91 Å². The molecule has 1 N–H and O–H groups in total. The molecule has 1 amide bonds. The molecule has 9 heteroatoms. The first-order chi connectivity index (χ1) is 17.6. The molecule has 1 fully saturated rings. The summed E-state index contributed by atoms with van der Waals surface area (Å²) in [5.41, 5.74) is 3.00. The number of benzene rings is 2. The Bertz CT molecular complexity index is 1110. The van der Waals surface area contributed by atoms with Crippen molar-refractivity contribution >= 4 is 17.8 Å². The third-order valence-corrected chi connectivity index (χ3v) is 5.64. The summed E-state index contributed by atoms with van der Waals surface area (Å²) in [4.78, 5) is 34.9. The Hall–Kier alpha value is -3.38. The van der Waals surface area contributed by atoms with Gasteiger partial charge in [-0.3, -0.25) is 4.79 Å². The van der Waals surface area contributed by atoms with E-state index in [0.717, 1.165) is 30.5 Å². The number of methoxy groups -OCH3 is 2. The number of hydrogen-bond donors (Lipinski definition) is 1. The molecule has 39 heavy (non-hydrogen) atoms. The fourth-order valence-electron chi connectivity index (χ4n) is 3.44. The minimum Gasteiger partial charge on any atom is -0.507 e. The molecule has 1 aliphatic heterocycles. The average Bonchev–Trinajstić information content (AvgIpc) is 3.28. The SMILES string of the molecule is C=CCOc1cccc(C(=O)OC)c1C.C=CCc1ccc(C(=O)OC)c(C)c1O.CN1CCCC1=O.[CH3-].[W]. The van der Waals surface area contributed by atoms with Crippen LogP contribution in [-0.2, 0) is 41.8 Å². The Labute approximate surface area is 246 Å². The summed E-state index contributed by atoms with van der Waals surface area (Å²) in [6, 6.07) is 8.64. The quantitative estimate of drug-likeness (QED) is 0.238. The second-order valence-corrected chi connectivity index (χ2v) is 8.17. The number of phenolic OH excluding ortho intramolecular Hbond substituents is 1. The van der Waals surface area contributed by atoms with E-state index in [1.165, 1.54) is 14.2 Å². The van der Waals surface area contributed by atoms with Crippen molar-refractivity contribution in [3.05, 3.63) is 90.9 Å². The summed E-state index contributed by atoms with van der Waals surface area (Å²) in [5.74, 6) is 0.320. The molecule has 0 bridgehead atoms. The second kappa shape index (κ2) is 19.7. The van der Waals surface area contributed by atoms with Gasteiger partial charge in [0.05, 0.1) is 25.3 Å². The molecular formula is C30H40NO7W-. The van der Waals surface area contributed by atoms with Gasteiger partial charge in [-0.2, -0.15) is 0 Å².